The van der Waals surface area contributed by atoms with Gasteiger partial charge in [0.1, 0.15) is 17.1 Å². The van der Waals surface area contributed by atoms with Gasteiger partial charge >= 0.3 is 0 Å². The fraction of sp³-hybridized carbons (Fsp3) is 0.381. The first-order chi connectivity index (χ1) is 13.5. The van der Waals surface area contributed by atoms with Crippen LogP contribution in [0.2, 0.25) is 0 Å². The molecule has 7 heteroatoms. The molecule has 1 unspecified atom stereocenters. The van der Waals surface area contributed by atoms with Gasteiger partial charge < -0.3 is 10.1 Å². The Morgan fingerprint density at radius 1 is 1.43 bits per heavy atom. The summed E-state index contributed by atoms with van der Waals surface area (Å²) in [7, 11) is 1.56. The molecule has 2 aromatic heterocycles. The Kier molecular flexibility index (Phi) is 4.93. The van der Waals surface area contributed by atoms with E-state index >= 15 is 0 Å². The molecule has 1 amide bonds. The lowest BCUT2D eigenvalue weighted by molar-refractivity contribution is -0.116. The lowest BCUT2D eigenvalue weighted by atomic mass is 9.89. The van der Waals surface area contributed by atoms with E-state index in [0.29, 0.717) is 22.7 Å². The number of carbonyl (C=O) groups is 1. The zero-order valence-corrected chi connectivity index (χ0v) is 17.1. The zero-order chi connectivity index (χ0) is 19.8. The van der Waals surface area contributed by atoms with Crippen molar-refractivity contribution in [2.24, 2.45) is 5.92 Å². The van der Waals surface area contributed by atoms with Crippen LogP contribution in [0.4, 0.5) is 5.69 Å². The molecular formula is C21H23N3O3S. The molecule has 6 nitrogen and oxygen atoms in total. The highest BCUT2D eigenvalue weighted by molar-refractivity contribution is 7.18. The van der Waals surface area contributed by atoms with Crippen LogP contribution >= 0.6 is 11.3 Å². The number of nitrogens with zero attached hydrogens (tertiary/aromatic N) is 2. The predicted octanol–water partition coefficient (Wildman–Crippen LogP) is 3.54. The summed E-state index contributed by atoms with van der Waals surface area (Å²) < 4.78 is 6.69. The summed E-state index contributed by atoms with van der Waals surface area (Å²) in [6, 6.07) is 5.57. The number of benzene rings is 1. The van der Waals surface area contributed by atoms with Crippen molar-refractivity contribution in [3.8, 4) is 5.75 Å². The summed E-state index contributed by atoms with van der Waals surface area (Å²) in [5, 5.41) is 3.53. The molecule has 3 aromatic rings. The van der Waals surface area contributed by atoms with Crippen LogP contribution in [0.1, 0.15) is 29.3 Å². The zero-order valence-electron chi connectivity index (χ0n) is 16.2. The maximum absolute atomic E-state index is 13.0. The topological polar surface area (TPSA) is 73.2 Å². The molecule has 28 heavy (non-hydrogen) atoms. The van der Waals surface area contributed by atoms with E-state index in [4.69, 9.17) is 4.74 Å². The highest BCUT2D eigenvalue weighted by Gasteiger charge is 2.23. The molecule has 1 aromatic carbocycles. The van der Waals surface area contributed by atoms with Crippen LogP contribution in [0.5, 0.6) is 5.75 Å². The maximum atomic E-state index is 13.0. The Hall–Kier alpha value is -2.67. The third-order valence-corrected chi connectivity index (χ3v) is 6.39. The molecule has 146 valence electrons. The van der Waals surface area contributed by atoms with Gasteiger partial charge in [-0.25, -0.2) is 4.98 Å². The molecule has 0 aliphatic heterocycles. The minimum atomic E-state index is -0.287. The summed E-state index contributed by atoms with van der Waals surface area (Å²) in [4.78, 5) is 32.1. The number of carbonyl (C=O) groups excluding carboxylic acids is 1. The first-order valence-corrected chi connectivity index (χ1v) is 10.2. The second kappa shape index (κ2) is 7.39. The number of nitrogens with one attached hydrogen (secondary N) is 1. The van der Waals surface area contributed by atoms with Gasteiger partial charge in [0.05, 0.1) is 24.5 Å². The number of aromatic nitrogens is 2. The Morgan fingerprint density at radius 3 is 3.04 bits per heavy atom. The molecule has 2 heterocycles. The molecule has 0 spiro atoms. The average Bonchev–Trinajstić information content (AvgIpc) is 3.02. The molecule has 0 saturated heterocycles. The van der Waals surface area contributed by atoms with Gasteiger partial charge in [-0.05, 0) is 55.4 Å². The molecule has 1 aliphatic carbocycles. The molecule has 1 atom stereocenters. The van der Waals surface area contributed by atoms with Crippen molar-refractivity contribution in [2.75, 3.05) is 12.4 Å². The first-order valence-electron chi connectivity index (χ1n) is 9.40. The summed E-state index contributed by atoms with van der Waals surface area (Å²) in [6.45, 7) is 4.10. The fourth-order valence-electron chi connectivity index (χ4n) is 3.74. The van der Waals surface area contributed by atoms with E-state index < -0.39 is 0 Å². The minimum absolute atomic E-state index is 0.0834. The van der Waals surface area contributed by atoms with Gasteiger partial charge in [0.15, 0.2) is 0 Å². The van der Waals surface area contributed by atoms with Gasteiger partial charge in [-0.2, -0.15) is 0 Å². The van der Waals surface area contributed by atoms with Gasteiger partial charge in [-0.1, -0.05) is 13.0 Å². The number of fused-ring (bicyclic) bond motifs is 3. The molecular weight excluding hydrogens is 374 g/mol. The van der Waals surface area contributed by atoms with Crippen molar-refractivity contribution in [1.29, 1.82) is 0 Å². The SMILES string of the molecule is COc1ccc(C)cc1NC(=O)Cn1cnc2sc3c(c2c1=O)CCC(C)C3. The number of thiophene rings is 1. The van der Waals surface area contributed by atoms with Crippen LogP contribution in [0.25, 0.3) is 10.2 Å². The average molecular weight is 398 g/mol. The minimum Gasteiger partial charge on any atom is -0.495 e. The van der Waals surface area contributed by atoms with Gasteiger partial charge in [0.2, 0.25) is 5.91 Å². The highest BCUT2D eigenvalue weighted by atomic mass is 32.1. The Balaban J connectivity index is 1.62. The van der Waals surface area contributed by atoms with E-state index in [1.54, 1.807) is 18.4 Å². The number of hydrogen-bond donors (Lipinski definition) is 1. The van der Waals surface area contributed by atoms with E-state index in [0.717, 1.165) is 35.2 Å². The molecule has 1 N–H and O–H groups in total. The van der Waals surface area contributed by atoms with E-state index in [1.165, 1.54) is 15.8 Å². The quantitative estimate of drug-likeness (QED) is 0.731. The largest absolute Gasteiger partial charge is 0.495 e. The van der Waals surface area contributed by atoms with Crippen molar-refractivity contribution < 1.29 is 9.53 Å². The number of ether oxygens (including phenoxy) is 1. The molecule has 0 fully saturated rings. The molecule has 0 saturated carbocycles. The Bertz CT molecular complexity index is 1120. The monoisotopic (exact) mass is 397 g/mol. The van der Waals surface area contributed by atoms with Crippen LogP contribution in [-0.2, 0) is 24.2 Å². The number of rotatable bonds is 4. The lowest BCUT2D eigenvalue weighted by Gasteiger charge is -2.17. The van der Waals surface area contributed by atoms with Crippen LogP contribution in [0, 0.1) is 12.8 Å². The molecule has 0 radical (unpaired) electrons. The van der Waals surface area contributed by atoms with Crippen molar-refractivity contribution >= 4 is 33.1 Å². The summed E-state index contributed by atoms with van der Waals surface area (Å²) in [5.74, 6) is 0.934. The van der Waals surface area contributed by atoms with Crippen molar-refractivity contribution in [1.82, 2.24) is 9.55 Å². The lowest BCUT2D eigenvalue weighted by Crippen LogP contribution is -2.28. The van der Waals surface area contributed by atoms with Gasteiger partial charge in [-0.15, -0.1) is 11.3 Å². The van der Waals surface area contributed by atoms with Gasteiger partial charge in [-0.3, -0.25) is 14.2 Å². The van der Waals surface area contributed by atoms with E-state index in [1.807, 2.05) is 25.1 Å². The van der Waals surface area contributed by atoms with Crippen molar-refractivity contribution in [2.45, 2.75) is 39.7 Å². The van der Waals surface area contributed by atoms with E-state index in [-0.39, 0.29) is 18.0 Å². The maximum Gasteiger partial charge on any atom is 0.262 e. The number of methoxy groups -OCH3 is 1. The first kappa shape index (κ1) is 18.7. The second-order valence-corrected chi connectivity index (χ2v) is 8.55. The van der Waals surface area contributed by atoms with Crippen LogP contribution in [0.15, 0.2) is 29.3 Å². The molecule has 0 bridgehead atoms. The number of hydrogen-bond acceptors (Lipinski definition) is 5. The van der Waals surface area contributed by atoms with Crippen LogP contribution in [0.3, 0.4) is 0 Å². The Morgan fingerprint density at radius 2 is 2.25 bits per heavy atom. The molecule has 1 aliphatic rings. The number of amides is 1. The third-order valence-electron chi connectivity index (χ3n) is 5.23. The fourth-order valence-corrected chi connectivity index (χ4v) is 5.08. The Labute approximate surface area is 167 Å². The van der Waals surface area contributed by atoms with Crippen molar-refractivity contribution in [3.05, 3.63) is 50.9 Å². The predicted molar refractivity (Wildman–Crippen MR) is 111 cm³/mol. The van der Waals surface area contributed by atoms with E-state index in [2.05, 4.69) is 17.2 Å². The van der Waals surface area contributed by atoms with Crippen LogP contribution < -0.4 is 15.6 Å². The van der Waals surface area contributed by atoms with Gasteiger partial charge in [0, 0.05) is 4.88 Å². The van der Waals surface area contributed by atoms with Gasteiger partial charge in [0.25, 0.3) is 5.56 Å². The third kappa shape index (κ3) is 3.42. The summed E-state index contributed by atoms with van der Waals surface area (Å²) >= 11 is 1.61. The summed E-state index contributed by atoms with van der Waals surface area (Å²) in [5.41, 5.74) is 2.60. The number of anilines is 1. The number of aryl methyl sites for hydroxylation is 2. The van der Waals surface area contributed by atoms with Crippen LogP contribution in [-0.4, -0.2) is 22.6 Å². The van der Waals surface area contributed by atoms with Crippen molar-refractivity contribution in [3.63, 3.8) is 0 Å². The van der Waals surface area contributed by atoms with E-state index in [9.17, 15) is 9.59 Å². The second-order valence-electron chi connectivity index (χ2n) is 7.46. The summed E-state index contributed by atoms with van der Waals surface area (Å²) in [6.07, 6.45) is 4.47. The standard InChI is InChI=1S/C21H23N3O3S/c1-12-5-7-16(27-3)15(8-12)23-18(25)10-24-11-22-20-19(21(24)26)14-6-4-13(2)9-17(14)28-20/h5,7-8,11,13H,4,6,9-10H2,1-3H3,(H,23,25). The molecule has 4 rings (SSSR count). The highest BCUT2D eigenvalue weighted by Crippen LogP contribution is 2.35. The normalized spacial score (nSPS) is 16.0. The smallest absolute Gasteiger partial charge is 0.262 e.